The summed E-state index contributed by atoms with van der Waals surface area (Å²) in [5.41, 5.74) is 1.19. The van der Waals surface area contributed by atoms with E-state index in [1.54, 1.807) is 6.07 Å². The summed E-state index contributed by atoms with van der Waals surface area (Å²) in [6, 6.07) is 6.16. The van der Waals surface area contributed by atoms with Crippen LogP contribution in [0.5, 0.6) is 5.75 Å². The standard InChI is InChI=1S/C16H27BrN2O/c1-4-19(5-2)10-6-7-13(3)18-12-14-8-9-16(20)15(17)11-14/h8-9,11,13,18,20H,4-7,10,12H2,1-3H3. The zero-order valence-electron chi connectivity index (χ0n) is 12.8. The number of phenolic OH excluding ortho intramolecular Hbond substituents is 1. The molecule has 1 aromatic rings. The Morgan fingerprint density at radius 1 is 1.30 bits per heavy atom. The molecule has 0 radical (unpaired) electrons. The van der Waals surface area contributed by atoms with E-state index in [-0.39, 0.29) is 0 Å². The van der Waals surface area contributed by atoms with E-state index in [1.165, 1.54) is 24.9 Å². The number of rotatable bonds is 9. The van der Waals surface area contributed by atoms with Gasteiger partial charge in [0.25, 0.3) is 0 Å². The zero-order valence-corrected chi connectivity index (χ0v) is 14.4. The molecule has 4 heteroatoms. The fourth-order valence-corrected chi connectivity index (χ4v) is 2.64. The van der Waals surface area contributed by atoms with Crippen molar-refractivity contribution in [3.8, 4) is 5.75 Å². The van der Waals surface area contributed by atoms with Gasteiger partial charge in [0, 0.05) is 12.6 Å². The van der Waals surface area contributed by atoms with Gasteiger partial charge in [-0.25, -0.2) is 0 Å². The molecule has 1 atom stereocenters. The maximum atomic E-state index is 9.46. The lowest BCUT2D eigenvalue weighted by Gasteiger charge is -2.19. The summed E-state index contributed by atoms with van der Waals surface area (Å²) >= 11 is 3.34. The summed E-state index contributed by atoms with van der Waals surface area (Å²) in [7, 11) is 0. The van der Waals surface area contributed by atoms with Crippen molar-refractivity contribution in [2.45, 2.75) is 46.2 Å². The Balaban J connectivity index is 2.25. The molecule has 114 valence electrons. The van der Waals surface area contributed by atoms with Gasteiger partial charge in [-0.2, -0.15) is 0 Å². The number of halogens is 1. The molecule has 1 rings (SSSR count). The van der Waals surface area contributed by atoms with Gasteiger partial charge < -0.3 is 15.3 Å². The van der Waals surface area contributed by atoms with E-state index in [1.807, 2.05) is 12.1 Å². The Hall–Kier alpha value is -0.580. The normalized spacial score (nSPS) is 12.8. The number of aromatic hydroxyl groups is 1. The Bertz CT molecular complexity index is 394. The van der Waals surface area contributed by atoms with Crippen LogP contribution in [0.25, 0.3) is 0 Å². The second-order valence-corrected chi connectivity index (χ2v) is 6.09. The van der Waals surface area contributed by atoms with E-state index in [0.29, 0.717) is 11.8 Å². The molecule has 0 aliphatic rings. The minimum atomic E-state index is 0.293. The van der Waals surface area contributed by atoms with Crippen LogP contribution in [0.4, 0.5) is 0 Å². The smallest absolute Gasteiger partial charge is 0.129 e. The van der Waals surface area contributed by atoms with Gasteiger partial charge in [0.05, 0.1) is 4.47 Å². The number of nitrogens with one attached hydrogen (secondary N) is 1. The van der Waals surface area contributed by atoms with E-state index in [0.717, 1.165) is 24.1 Å². The van der Waals surface area contributed by atoms with E-state index in [4.69, 9.17) is 0 Å². The zero-order chi connectivity index (χ0) is 15.0. The topological polar surface area (TPSA) is 35.5 Å². The van der Waals surface area contributed by atoms with Crippen molar-refractivity contribution in [3.63, 3.8) is 0 Å². The van der Waals surface area contributed by atoms with E-state index >= 15 is 0 Å². The first-order valence-corrected chi connectivity index (χ1v) is 8.29. The molecule has 2 N–H and O–H groups in total. The van der Waals surface area contributed by atoms with E-state index in [2.05, 4.69) is 46.9 Å². The molecule has 3 nitrogen and oxygen atoms in total. The largest absolute Gasteiger partial charge is 0.507 e. The average Bonchev–Trinajstić information content (AvgIpc) is 2.45. The van der Waals surface area contributed by atoms with Crippen LogP contribution < -0.4 is 5.32 Å². The lowest BCUT2D eigenvalue weighted by Crippen LogP contribution is -2.28. The van der Waals surface area contributed by atoms with Crippen LogP contribution in [0.15, 0.2) is 22.7 Å². The third kappa shape index (κ3) is 6.25. The second kappa shape index (κ2) is 9.37. The van der Waals surface area contributed by atoms with Gasteiger partial charge in [0.2, 0.25) is 0 Å². The molecule has 0 spiro atoms. The highest BCUT2D eigenvalue weighted by molar-refractivity contribution is 9.10. The summed E-state index contributed by atoms with van der Waals surface area (Å²) in [6.07, 6.45) is 2.42. The van der Waals surface area contributed by atoms with E-state index < -0.39 is 0 Å². The predicted octanol–water partition coefficient (Wildman–Crippen LogP) is 3.75. The molecule has 20 heavy (non-hydrogen) atoms. The molecule has 0 saturated heterocycles. The quantitative estimate of drug-likeness (QED) is 0.717. The van der Waals surface area contributed by atoms with Gasteiger partial charge in [-0.1, -0.05) is 19.9 Å². The van der Waals surface area contributed by atoms with Gasteiger partial charge in [-0.05, 0) is 73.0 Å². The molecule has 0 aliphatic heterocycles. The fraction of sp³-hybridized carbons (Fsp3) is 0.625. The number of phenols is 1. The Morgan fingerprint density at radius 3 is 2.60 bits per heavy atom. The predicted molar refractivity (Wildman–Crippen MR) is 89.1 cm³/mol. The third-order valence-corrected chi connectivity index (χ3v) is 4.31. The van der Waals surface area contributed by atoms with Crippen LogP contribution in [0, 0.1) is 0 Å². The summed E-state index contributed by atoms with van der Waals surface area (Å²) in [6.45, 7) is 11.0. The molecule has 0 aliphatic carbocycles. The molecule has 0 amide bonds. The summed E-state index contributed by atoms with van der Waals surface area (Å²) in [5, 5.41) is 13.0. The molecule has 1 aromatic carbocycles. The van der Waals surface area contributed by atoms with Gasteiger partial charge >= 0.3 is 0 Å². The second-order valence-electron chi connectivity index (χ2n) is 5.24. The molecule has 0 saturated carbocycles. The van der Waals surface area contributed by atoms with Crippen molar-refractivity contribution >= 4 is 15.9 Å². The highest BCUT2D eigenvalue weighted by Crippen LogP contribution is 2.24. The Labute approximate surface area is 131 Å². The summed E-state index contributed by atoms with van der Waals surface area (Å²) in [4.78, 5) is 2.46. The van der Waals surface area contributed by atoms with Crippen molar-refractivity contribution < 1.29 is 5.11 Å². The van der Waals surface area contributed by atoms with Gasteiger partial charge in [0.15, 0.2) is 0 Å². The van der Waals surface area contributed by atoms with Crippen LogP contribution in [0.2, 0.25) is 0 Å². The Kier molecular flexibility index (Phi) is 8.19. The van der Waals surface area contributed by atoms with Crippen molar-refractivity contribution in [2.75, 3.05) is 19.6 Å². The van der Waals surface area contributed by atoms with Crippen molar-refractivity contribution in [3.05, 3.63) is 28.2 Å². The molecular formula is C16H27BrN2O. The van der Waals surface area contributed by atoms with Crippen LogP contribution in [-0.2, 0) is 6.54 Å². The van der Waals surface area contributed by atoms with Crippen molar-refractivity contribution in [1.29, 1.82) is 0 Å². The van der Waals surface area contributed by atoms with Crippen LogP contribution in [0.3, 0.4) is 0 Å². The maximum Gasteiger partial charge on any atom is 0.129 e. The molecule has 0 heterocycles. The molecule has 0 bridgehead atoms. The molecule has 0 fully saturated rings. The fourth-order valence-electron chi connectivity index (χ4n) is 2.22. The first kappa shape index (κ1) is 17.5. The first-order valence-electron chi connectivity index (χ1n) is 7.49. The minimum Gasteiger partial charge on any atom is -0.507 e. The van der Waals surface area contributed by atoms with Crippen molar-refractivity contribution in [1.82, 2.24) is 10.2 Å². The number of hydrogen-bond donors (Lipinski definition) is 2. The Morgan fingerprint density at radius 2 is 2.00 bits per heavy atom. The average molecular weight is 343 g/mol. The third-order valence-electron chi connectivity index (χ3n) is 3.67. The monoisotopic (exact) mass is 342 g/mol. The summed E-state index contributed by atoms with van der Waals surface area (Å²) < 4.78 is 0.756. The number of hydrogen-bond acceptors (Lipinski definition) is 3. The van der Waals surface area contributed by atoms with Crippen LogP contribution in [0.1, 0.15) is 39.2 Å². The lowest BCUT2D eigenvalue weighted by atomic mass is 10.1. The van der Waals surface area contributed by atoms with Gasteiger partial charge in [-0.3, -0.25) is 0 Å². The number of nitrogens with zero attached hydrogens (tertiary/aromatic N) is 1. The molecule has 1 unspecified atom stereocenters. The molecular weight excluding hydrogens is 316 g/mol. The highest BCUT2D eigenvalue weighted by atomic mass is 79.9. The molecule has 0 aromatic heterocycles. The number of benzene rings is 1. The SMILES string of the molecule is CCN(CC)CCCC(C)NCc1ccc(O)c(Br)c1. The lowest BCUT2D eigenvalue weighted by molar-refractivity contribution is 0.290. The van der Waals surface area contributed by atoms with Gasteiger partial charge in [0.1, 0.15) is 5.75 Å². The van der Waals surface area contributed by atoms with Crippen LogP contribution in [-0.4, -0.2) is 35.7 Å². The first-order chi connectivity index (χ1) is 9.56. The van der Waals surface area contributed by atoms with E-state index in [9.17, 15) is 5.11 Å². The van der Waals surface area contributed by atoms with Crippen molar-refractivity contribution in [2.24, 2.45) is 0 Å². The maximum absolute atomic E-state index is 9.46. The van der Waals surface area contributed by atoms with Gasteiger partial charge in [-0.15, -0.1) is 0 Å². The highest BCUT2D eigenvalue weighted by Gasteiger charge is 2.05. The van der Waals surface area contributed by atoms with Crippen LogP contribution >= 0.6 is 15.9 Å². The minimum absolute atomic E-state index is 0.293. The summed E-state index contributed by atoms with van der Waals surface area (Å²) in [5.74, 6) is 0.293.